The van der Waals surface area contributed by atoms with Crippen molar-refractivity contribution in [3.05, 3.63) is 27.8 Å². The van der Waals surface area contributed by atoms with Crippen molar-refractivity contribution in [1.29, 1.82) is 0 Å². The van der Waals surface area contributed by atoms with Crippen LogP contribution in [0.5, 0.6) is 0 Å². The van der Waals surface area contributed by atoms with Crippen LogP contribution in [0.4, 0.5) is 11.4 Å². The van der Waals surface area contributed by atoms with Gasteiger partial charge in [-0.15, -0.1) is 11.3 Å². The number of nitro benzene ring substituents is 1. The molecule has 0 unspecified atom stereocenters. The molecule has 1 heterocycles. The Kier molecular flexibility index (Phi) is 2.89. The Labute approximate surface area is 114 Å². The Morgan fingerprint density at radius 3 is 2.95 bits per heavy atom. The van der Waals surface area contributed by atoms with Gasteiger partial charge >= 0.3 is 5.69 Å². The van der Waals surface area contributed by atoms with E-state index in [1.54, 1.807) is 11.6 Å². The van der Waals surface area contributed by atoms with Crippen LogP contribution in [0, 0.1) is 15.5 Å². The smallest absolute Gasteiger partial charge is 0.319 e. The zero-order valence-electron chi connectivity index (χ0n) is 10.7. The monoisotopic (exact) mass is 277 g/mol. The maximum absolute atomic E-state index is 11.3. The normalized spacial score (nSPS) is 16.5. The molecule has 1 aromatic heterocycles. The Morgan fingerprint density at radius 2 is 2.32 bits per heavy atom. The van der Waals surface area contributed by atoms with Crippen LogP contribution in [-0.2, 0) is 0 Å². The van der Waals surface area contributed by atoms with E-state index in [2.05, 4.69) is 17.2 Å². The van der Waals surface area contributed by atoms with Crippen LogP contribution in [0.15, 0.2) is 17.6 Å². The average molecular weight is 277 g/mol. The summed E-state index contributed by atoms with van der Waals surface area (Å²) in [7, 11) is 0. The predicted octanol–water partition coefficient (Wildman–Crippen LogP) is 3.81. The number of aromatic nitrogens is 1. The zero-order valence-corrected chi connectivity index (χ0v) is 11.5. The number of rotatable bonds is 5. The number of nitro groups is 1. The minimum absolute atomic E-state index is 0.102. The van der Waals surface area contributed by atoms with Gasteiger partial charge in [0.05, 0.1) is 15.1 Å². The molecule has 1 N–H and O–H groups in total. The number of nitrogens with one attached hydrogen (secondary N) is 1. The molecule has 1 saturated carbocycles. The van der Waals surface area contributed by atoms with E-state index < -0.39 is 0 Å². The SMILES string of the molecule is CCC1(CNc2ccc3scnc3c2[N+](=O)[O-])CC1. The fraction of sp³-hybridized carbons (Fsp3) is 0.462. The molecular formula is C13H15N3O2S. The van der Waals surface area contributed by atoms with Gasteiger partial charge in [0.25, 0.3) is 0 Å². The van der Waals surface area contributed by atoms with Crippen molar-refractivity contribution in [1.82, 2.24) is 4.98 Å². The van der Waals surface area contributed by atoms with Crippen molar-refractivity contribution in [3.8, 4) is 0 Å². The summed E-state index contributed by atoms with van der Waals surface area (Å²) in [5.74, 6) is 0. The van der Waals surface area contributed by atoms with Gasteiger partial charge in [-0.3, -0.25) is 10.1 Å². The Morgan fingerprint density at radius 1 is 1.53 bits per heavy atom. The second-order valence-electron chi connectivity index (χ2n) is 5.13. The molecule has 2 aromatic rings. The highest BCUT2D eigenvalue weighted by molar-refractivity contribution is 7.16. The fourth-order valence-electron chi connectivity index (χ4n) is 2.36. The van der Waals surface area contributed by atoms with Gasteiger partial charge in [-0.05, 0) is 36.8 Å². The number of thiazole rings is 1. The first kappa shape index (κ1) is 12.3. The van der Waals surface area contributed by atoms with Crippen molar-refractivity contribution >= 4 is 32.9 Å². The van der Waals surface area contributed by atoms with E-state index in [9.17, 15) is 10.1 Å². The quantitative estimate of drug-likeness (QED) is 0.666. The number of nitrogens with zero attached hydrogens (tertiary/aromatic N) is 2. The molecule has 0 radical (unpaired) electrons. The molecule has 0 atom stereocenters. The molecule has 1 aliphatic rings. The van der Waals surface area contributed by atoms with Gasteiger partial charge in [-0.2, -0.15) is 0 Å². The maximum Gasteiger partial charge on any atom is 0.319 e. The van der Waals surface area contributed by atoms with Crippen molar-refractivity contribution in [3.63, 3.8) is 0 Å². The van der Waals surface area contributed by atoms with E-state index in [1.165, 1.54) is 24.2 Å². The summed E-state index contributed by atoms with van der Waals surface area (Å²) >= 11 is 1.42. The molecule has 19 heavy (non-hydrogen) atoms. The molecule has 0 aliphatic heterocycles. The van der Waals surface area contributed by atoms with E-state index in [-0.39, 0.29) is 10.6 Å². The zero-order chi connectivity index (χ0) is 13.5. The predicted molar refractivity (Wildman–Crippen MR) is 76.7 cm³/mol. The molecule has 6 heteroatoms. The summed E-state index contributed by atoms with van der Waals surface area (Å²) < 4.78 is 0.855. The summed E-state index contributed by atoms with van der Waals surface area (Å²) in [5, 5.41) is 14.5. The second-order valence-corrected chi connectivity index (χ2v) is 6.01. The second kappa shape index (κ2) is 4.45. The summed E-state index contributed by atoms with van der Waals surface area (Å²) in [6.45, 7) is 2.98. The topological polar surface area (TPSA) is 68.1 Å². The number of anilines is 1. The van der Waals surface area contributed by atoms with Gasteiger partial charge in [0, 0.05) is 6.54 Å². The molecule has 1 fully saturated rings. The van der Waals surface area contributed by atoms with Crippen LogP contribution in [-0.4, -0.2) is 16.5 Å². The summed E-state index contributed by atoms with van der Waals surface area (Å²) in [6, 6.07) is 3.69. The van der Waals surface area contributed by atoms with E-state index in [4.69, 9.17) is 0 Å². The lowest BCUT2D eigenvalue weighted by Gasteiger charge is -2.14. The highest BCUT2D eigenvalue weighted by atomic mass is 32.1. The van der Waals surface area contributed by atoms with E-state index in [0.717, 1.165) is 17.7 Å². The summed E-state index contributed by atoms with van der Waals surface area (Å²) in [5.41, 5.74) is 3.18. The van der Waals surface area contributed by atoms with Crippen LogP contribution in [0.1, 0.15) is 26.2 Å². The molecule has 1 aromatic carbocycles. The van der Waals surface area contributed by atoms with E-state index >= 15 is 0 Å². The first-order valence-corrected chi connectivity index (χ1v) is 7.28. The van der Waals surface area contributed by atoms with Crippen molar-refractivity contribution in [2.24, 2.45) is 5.41 Å². The maximum atomic E-state index is 11.3. The lowest BCUT2D eigenvalue weighted by molar-refractivity contribution is -0.382. The molecule has 3 rings (SSSR count). The van der Waals surface area contributed by atoms with Gasteiger partial charge < -0.3 is 5.32 Å². The third kappa shape index (κ3) is 2.16. The van der Waals surface area contributed by atoms with Gasteiger partial charge in [0.15, 0.2) is 5.52 Å². The lowest BCUT2D eigenvalue weighted by atomic mass is 10.0. The van der Waals surface area contributed by atoms with Gasteiger partial charge in [-0.25, -0.2) is 4.98 Å². The Balaban J connectivity index is 1.93. The van der Waals surface area contributed by atoms with E-state index in [1.807, 2.05) is 6.07 Å². The summed E-state index contributed by atoms with van der Waals surface area (Å²) in [4.78, 5) is 15.1. The van der Waals surface area contributed by atoms with Crippen LogP contribution in [0.2, 0.25) is 0 Å². The standard InChI is InChI=1S/C13H15N3O2S/c1-2-13(5-6-13)7-14-9-3-4-10-11(15-8-19-10)12(9)16(17)18/h3-4,8,14H,2,5-7H2,1H3. The molecule has 5 nitrogen and oxygen atoms in total. The highest BCUT2D eigenvalue weighted by Gasteiger charge is 2.40. The minimum atomic E-state index is -0.337. The van der Waals surface area contributed by atoms with Crippen molar-refractivity contribution in [2.75, 3.05) is 11.9 Å². The fourth-order valence-corrected chi connectivity index (χ4v) is 3.04. The number of hydrogen-bond donors (Lipinski definition) is 1. The van der Waals surface area contributed by atoms with Gasteiger partial charge in [0.1, 0.15) is 5.69 Å². The van der Waals surface area contributed by atoms with Crippen LogP contribution in [0.25, 0.3) is 10.2 Å². The Hall–Kier alpha value is -1.69. The minimum Gasteiger partial charge on any atom is -0.379 e. The largest absolute Gasteiger partial charge is 0.379 e. The van der Waals surface area contributed by atoms with Crippen molar-refractivity contribution < 1.29 is 4.92 Å². The van der Waals surface area contributed by atoms with Crippen LogP contribution >= 0.6 is 11.3 Å². The molecule has 0 amide bonds. The third-order valence-corrected chi connectivity index (χ3v) is 4.81. The van der Waals surface area contributed by atoms with Gasteiger partial charge in [0.2, 0.25) is 0 Å². The molecule has 1 aliphatic carbocycles. The number of hydrogen-bond acceptors (Lipinski definition) is 5. The molecular weight excluding hydrogens is 262 g/mol. The molecule has 0 spiro atoms. The molecule has 0 bridgehead atoms. The third-order valence-electron chi connectivity index (χ3n) is 4.02. The van der Waals surface area contributed by atoms with Crippen LogP contribution in [0.3, 0.4) is 0 Å². The highest BCUT2D eigenvalue weighted by Crippen LogP contribution is 2.49. The first-order chi connectivity index (χ1) is 9.15. The van der Waals surface area contributed by atoms with Gasteiger partial charge in [-0.1, -0.05) is 6.92 Å². The van der Waals surface area contributed by atoms with Crippen molar-refractivity contribution in [2.45, 2.75) is 26.2 Å². The lowest BCUT2D eigenvalue weighted by Crippen LogP contribution is -2.15. The molecule has 100 valence electrons. The van der Waals surface area contributed by atoms with E-state index in [0.29, 0.717) is 16.6 Å². The average Bonchev–Trinajstić information content (AvgIpc) is 3.03. The first-order valence-electron chi connectivity index (χ1n) is 6.40. The van der Waals surface area contributed by atoms with Crippen LogP contribution < -0.4 is 5.32 Å². The Bertz CT molecular complexity index is 634. The summed E-state index contributed by atoms with van der Waals surface area (Å²) in [6.07, 6.45) is 3.54. The number of benzene rings is 1. The number of fused-ring (bicyclic) bond motifs is 1. The molecule has 0 saturated heterocycles.